The van der Waals surface area contributed by atoms with E-state index < -0.39 is 0 Å². The van der Waals surface area contributed by atoms with Gasteiger partial charge < -0.3 is 20.9 Å². The van der Waals surface area contributed by atoms with E-state index in [2.05, 4.69) is 22.0 Å². The first kappa shape index (κ1) is 17.3. The summed E-state index contributed by atoms with van der Waals surface area (Å²) in [4.78, 5) is 16.6. The molecule has 0 saturated carbocycles. The van der Waals surface area contributed by atoms with Gasteiger partial charge in [0.25, 0.3) is 5.91 Å². The molecular formula is C16H28N4O. The van der Waals surface area contributed by atoms with Crippen LogP contribution in [0.15, 0.2) is 18.2 Å². The number of nitrogens with one attached hydrogen (secondary N) is 1. The first-order chi connectivity index (χ1) is 9.99. The van der Waals surface area contributed by atoms with E-state index in [1.807, 2.05) is 33.2 Å². The molecule has 0 aromatic heterocycles. The number of hydrogen-bond acceptors (Lipinski definition) is 4. The summed E-state index contributed by atoms with van der Waals surface area (Å²) in [5, 5.41) is 2.87. The number of nitrogens with zero attached hydrogens (tertiary/aromatic N) is 2. The predicted octanol–water partition coefficient (Wildman–Crippen LogP) is 1.80. The van der Waals surface area contributed by atoms with Crippen molar-refractivity contribution in [1.29, 1.82) is 0 Å². The molecule has 0 heterocycles. The number of likely N-dealkylation sites (N-methyl/N-ethyl adjacent to an activating group) is 1. The maximum atomic E-state index is 12.2. The Bertz CT molecular complexity index is 460. The number of anilines is 2. The lowest BCUT2D eigenvalue weighted by molar-refractivity contribution is 0.0956. The Balaban J connectivity index is 3.08. The van der Waals surface area contributed by atoms with Crippen molar-refractivity contribution < 1.29 is 4.79 Å². The number of amides is 1. The predicted molar refractivity (Wildman–Crippen MR) is 89.9 cm³/mol. The number of hydrogen-bond donors (Lipinski definition) is 2. The minimum atomic E-state index is -0.0431. The molecule has 0 aliphatic heterocycles. The Labute approximate surface area is 128 Å². The average Bonchev–Trinajstić information content (AvgIpc) is 2.43. The van der Waals surface area contributed by atoms with E-state index in [4.69, 9.17) is 5.73 Å². The molecule has 21 heavy (non-hydrogen) atoms. The Morgan fingerprint density at radius 3 is 2.48 bits per heavy atom. The summed E-state index contributed by atoms with van der Waals surface area (Å²) in [6.45, 7) is 7.39. The van der Waals surface area contributed by atoms with Crippen LogP contribution >= 0.6 is 0 Å². The SMILES string of the molecule is CCCN(CCN(C)C)c1cc(N)ccc1C(=O)NCC. The van der Waals surface area contributed by atoms with Gasteiger partial charge in [0.05, 0.1) is 11.3 Å². The molecule has 0 saturated heterocycles. The van der Waals surface area contributed by atoms with Crippen LogP contribution in [0.5, 0.6) is 0 Å². The highest BCUT2D eigenvalue weighted by Crippen LogP contribution is 2.24. The van der Waals surface area contributed by atoms with Gasteiger partial charge in [0.15, 0.2) is 0 Å². The van der Waals surface area contributed by atoms with Crippen molar-refractivity contribution in [2.45, 2.75) is 20.3 Å². The molecule has 0 atom stereocenters. The summed E-state index contributed by atoms with van der Waals surface area (Å²) in [5.74, 6) is -0.0431. The van der Waals surface area contributed by atoms with Crippen molar-refractivity contribution in [3.05, 3.63) is 23.8 Å². The largest absolute Gasteiger partial charge is 0.399 e. The first-order valence-corrected chi connectivity index (χ1v) is 7.57. The number of carbonyl (C=O) groups excluding carboxylic acids is 1. The van der Waals surface area contributed by atoms with Gasteiger partial charge in [-0.15, -0.1) is 0 Å². The van der Waals surface area contributed by atoms with Crippen LogP contribution in [0.3, 0.4) is 0 Å². The number of nitrogens with two attached hydrogens (primary N) is 1. The van der Waals surface area contributed by atoms with Gasteiger partial charge in [-0.3, -0.25) is 4.79 Å². The fourth-order valence-corrected chi connectivity index (χ4v) is 2.20. The normalized spacial score (nSPS) is 10.7. The Kier molecular flexibility index (Phi) is 7.02. The summed E-state index contributed by atoms with van der Waals surface area (Å²) in [7, 11) is 4.10. The van der Waals surface area contributed by atoms with Gasteiger partial charge in [-0.1, -0.05) is 6.92 Å². The first-order valence-electron chi connectivity index (χ1n) is 7.57. The summed E-state index contributed by atoms with van der Waals surface area (Å²) in [5.41, 5.74) is 8.22. The molecule has 0 unspecified atom stereocenters. The molecule has 5 heteroatoms. The fraction of sp³-hybridized carbons (Fsp3) is 0.562. The number of benzene rings is 1. The second-order valence-corrected chi connectivity index (χ2v) is 5.43. The molecule has 0 aliphatic rings. The molecule has 0 bridgehead atoms. The van der Waals surface area contributed by atoms with Gasteiger partial charge in [-0.25, -0.2) is 0 Å². The molecule has 0 spiro atoms. The lowest BCUT2D eigenvalue weighted by atomic mass is 10.1. The van der Waals surface area contributed by atoms with Crippen molar-refractivity contribution in [2.75, 3.05) is 50.9 Å². The Morgan fingerprint density at radius 1 is 1.19 bits per heavy atom. The topological polar surface area (TPSA) is 61.6 Å². The standard InChI is InChI=1S/C16H28N4O/c1-5-9-20(11-10-19(3)4)15-12-13(17)7-8-14(15)16(21)18-6-2/h7-8,12H,5-6,9-11,17H2,1-4H3,(H,18,21). The van der Waals surface area contributed by atoms with Gasteiger partial charge in [0.2, 0.25) is 0 Å². The molecule has 1 rings (SSSR count). The average molecular weight is 292 g/mol. The monoisotopic (exact) mass is 292 g/mol. The van der Waals surface area contributed by atoms with Gasteiger partial charge in [-0.2, -0.15) is 0 Å². The number of nitrogen functional groups attached to an aromatic ring is 1. The minimum absolute atomic E-state index is 0.0431. The van der Waals surface area contributed by atoms with E-state index in [1.165, 1.54) is 0 Å². The number of carbonyl (C=O) groups is 1. The minimum Gasteiger partial charge on any atom is -0.399 e. The molecule has 118 valence electrons. The fourth-order valence-electron chi connectivity index (χ4n) is 2.20. The van der Waals surface area contributed by atoms with Gasteiger partial charge in [0.1, 0.15) is 0 Å². The molecule has 1 amide bonds. The summed E-state index contributed by atoms with van der Waals surface area (Å²) in [6, 6.07) is 5.49. The van der Waals surface area contributed by atoms with Crippen LogP contribution in [0.2, 0.25) is 0 Å². The lowest BCUT2D eigenvalue weighted by Gasteiger charge is -2.28. The van der Waals surface area contributed by atoms with Crippen molar-refractivity contribution in [2.24, 2.45) is 0 Å². The molecule has 0 radical (unpaired) electrons. The highest BCUT2D eigenvalue weighted by Gasteiger charge is 2.16. The van der Waals surface area contributed by atoms with Crippen LogP contribution in [0.25, 0.3) is 0 Å². The van der Waals surface area contributed by atoms with E-state index in [1.54, 1.807) is 6.07 Å². The third-order valence-corrected chi connectivity index (χ3v) is 3.26. The smallest absolute Gasteiger partial charge is 0.253 e. The van der Waals surface area contributed by atoms with Crippen LogP contribution in [0.1, 0.15) is 30.6 Å². The van der Waals surface area contributed by atoms with Crippen molar-refractivity contribution in [3.8, 4) is 0 Å². The van der Waals surface area contributed by atoms with E-state index >= 15 is 0 Å². The zero-order chi connectivity index (χ0) is 15.8. The maximum absolute atomic E-state index is 12.2. The van der Waals surface area contributed by atoms with Crippen LogP contribution in [-0.4, -0.2) is 51.1 Å². The Hall–Kier alpha value is -1.75. The van der Waals surface area contributed by atoms with Crippen molar-refractivity contribution in [1.82, 2.24) is 10.2 Å². The van der Waals surface area contributed by atoms with Crippen molar-refractivity contribution >= 4 is 17.3 Å². The third-order valence-electron chi connectivity index (χ3n) is 3.26. The van der Waals surface area contributed by atoms with E-state index in [-0.39, 0.29) is 5.91 Å². The highest BCUT2D eigenvalue weighted by atomic mass is 16.1. The summed E-state index contributed by atoms with van der Waals surface area (Å²) >= 11 is 0. The van der Waals surface area contributed by atoms with Gasteiger partial charge in [0, 0.05) is 31.9 Å². The molecule has 3 N–H and O–H groups in total. The maximum Gasteiger partial charge on any atom is 0.253 e. The van der Waals surface area contributed by atoms with Crippen LogP contribution in [0.4, 0.5) is 11.4 Å². The third kappa shape index (κ3) is 5.27. The summed E-state index contributed by atoms with van der Waals surface area (Å²) < 4.78 is 0. The summed E-state index contributed by atoms with van der Waals surface area (Å²) in [6.07, 6.45) is 1.02. The van der Waals surface area contributed by atoms with E-state index in [0.29, 0.717) is 17.8 Å². The molecule has 1 aromatic rings. The highest BCUT2D eigenvalue weighted by molar-refractivity contribution is 6.00. The van der Waals surface area contributed by atoms with Gasteiger partial charge in [-0.05, 0) is 45.6 Å². The zero-order valence-corrected chi connectivity index (χ0v) is 13.6. The quantitative estimate of drug-likeness (QED) is 0.717. The lowest BCUT2D eigenvalue weighted by Crippen LogP contribution is -2.34. The molecule has 0 fully saturated rings. The van der Waals surface area contributed by atoms with E-state index in [9.17, 15) is 4.79 Å². The van der Waals surface area contributed by atoms with Crippen LogP contribution in [-0.2, 0) is 0 Å². The zero-order valence-electron chi connectivity index (χ0n) is 13.6. The molecule has 0 aliphatic carbocycles. The van der Waals surface area contributed by atoms with Gasteiger partial charge >= 0.3 is 0 Å². The Morgan fingerprint density at radius 2 is 1.90 bits per heavy atom. The van der Waals surface area contributed by atoms with Crippen molar-refractivity contribution in [3.63, 3.8) is 0 Å². The molecular weight excluding hydrogens is 264 g/mol. The second kappa shape index (κ2) is 8.52. The molecule has 1 aromatic carbocycles. The van der Waals surface area contributed by atoms with Crippen LogP contribution < -0.4 is 16.0 Å². The second-order valence-electron chi connectivity index (χ2n) is 5.43. The molecule has 5 nitrogen and oxygen atoms in total. The van der Waals surface area contributed by atoms with Crippen LogP contribution in [0, 0.1) is 0 Å². The number of rotatable bonds is 8. The van der Waals surface area contributed by atoms with E-state index in [0.717, 1.165) is 31.7 Å².